The van der Waals surface area contributed by atoms with E-state index in [-0.39, 0.29) is 6.04 Å². The summed E-state index contributed by atoms with van der Waals surface area (Å²) in [6.45, 7) is 0. The minimum absolute atomic E-state index is 0.265. The van der Waals surface area contributed by atoms with Crippen LogP contribution in [-0.2, 0) is 0 Å². The van der Waals surface area contributed by atoms with Gasteiger partial charge in [0.05, 0.1) is 12.0 Å². The average Bonchev–Trinajstić information content (AvgIpc) is 3.10. The number of anilines is 1. The van der Waals surface area contributed by atoms with Crippen LogP contribution in [0.2, 0.25) is 10.0 Å². The number of methoxy groups -OCH3 is 1. The molecule has 0 aliphatic carbocycles. The van der Waals surface area contributed by atoms with E-state index in [0.717, 1.165) is 37.5 Å². The number of aromatic nitrogens is 1. The number of hydrogen-bond acceptors (Lipinski definition) is 5. The maximum absolute atomic E-state index is 6.56. The number of nitrogens with zero attached hydrogens (tertiary/aromatic N) is 3. The second-order valence-electron chi connectivity index (χ2n) is 6.72. The van der Waals surface area contributed by atoms with E-state index in [1.165, 1.54) is 0 Å². The molecule has 2 aliphatic heterocycles. The summed E-state index contributed by atoms with van der Waals surface area (Å²) in [7, 11) is 1.65. The van der Waals surface area contributed by atoms with Gasteiger partial charge in [-0.25, -0.2) is 0 Å². The van der Waals surface area contributed by atoms with Crippen LogP contribution in [0.5, 0.6) is 5.75 Å². The Labute approximate surface area is 193 Å². The summed E-state index contributed by atoms with van der Waals surface area (Å²) in [6, 6.07) is 13.1. The van der Waals surface area contributed by atoms with Gasteiger partial charge >= 0.3 is 0 Å². The van der Waals surface area contributed by atoms with E-state index in [9.17, 15) is 0 Å². The van der Waals surface area contributed by atoms with Gasteiger partial charge < -0.3 is 4.74 Å². The van der Waals surface area contributed by atoms with Crippen LogP contribution in [-0.4, -0.2) is 17.5 Å². The number of benzene rings is 2. The summed E-state index contributed by atoms with van der Waals surface area (Å²) in [5.41, 5.74) is 1.86. The molecule has 3 aromatic rings. The van der Waals surface area contributed by atoms with Crippen molar-refractivity contribution in [1.29, 1.82) is 0 Å². The third kappa shape index (κ3) is 3.20. The van der Waals surface area contributed by atoms with Gasteiger partial charge in [-0.2, -0.15) is 0 Å². The van der Waals surface area contributed by atoms with E-state index < -0.39 is 0 Å². The smallest absolute Gasteiger partial charge is 0.167 e. The second kappa shape index (κ2) is 7.71. The maximum Gasteiger partial charge on any atom is 0.167 e. The normalized spacial score (nSPS) is 16.8. The summed E-state index contributed by atoms with van der Waals surface area (Å²) < 4.78 is 8.11. The van der Waals surface area contributed by atoms with Gasteiger partial charge in [-0.1, -0.05) is 35.3 Å². The Hall–Kier alpha value is -2.38. The molecule has 1 aromatic heterocycles. The molecule has 5 rings (SSSR count). The molecule has 4 nitrogen and oxygen atoms in total. The zero-order valence-electron chi connectivity index (χ0n) is 15.8. The molecule has 0 fully saturated rings. The molecule has 150 valence electrons. The van der Waals surface area contributed by atoms with Crippen LogP contribution < -0.4 is 9.64 Å². The van der Waals surface area contributed by atoms with E-state index in [0.29, 0.717) is 10.0 Å². The zero-order chi connectivity index (χ0) is 20.8. The third-order valence-corrected chi connectivity index (χ3v) is 6.95. The summed E-state index contributed by atoms with van der Waals surface area (Å²) >= 11 is 20.0. The van der Waals surface area contributed by atoms with Gasteiger partial charge in [-0.3, -0.25) is 14.5 Å². The van der Waals surface area contributed by atoms with Gasteiger partial charge in [0.1, 0.15) is 23.4 Å². The maximum atomic E-state index is 6.56. The van der Waals surface area contributed by atoms with Crippen molar-refractivity contribution >= 4 is 58.4 Å². The van der Waals surface area contributed by atoms with E-state index >= 15 is 0 Å². The largest absolute Gasteiger partial charge is 0.497 e. The number of halogens is 2. The van der Waals surface area contributed by atoms with E-state index in [2.05, 4.69) is 9.47 Å². The third-order valence-electron chi connectivity index (χ3n) is 4.98. The summed E-state index contributed by atoms with van der Waals surface area (Å²) in [5.74, 6) is 2.59. The van der Waals surface area contributed by atoms with Crippen molar-refractivity contribution in [3.05, 3.63) is 91.3 Å². The van der Waals surface area contributed by atoms with Crippen LogP contribution in [0.1, 0.15) is 16.5 Å². The minimum Gasteiger partial charge on any atom is -0.497 e. The van der Waals surface area contributed by atoms with Crippen molar-refractivity contribution < 1.29 is 4.74 Å². The molecule has 0 amide bonds. The Kier molecular flexibility index (Phi) is 5.03. The fourth-order valence-electron chi connectivity index (χ4n) is 3.59. The fraction of sp³-hybridized carbons (Fsp3) is 0.0909. The number of hydrogen-bond donors (Lipinski definition) is 0. The van der Waals surface area contributed by atoms with Crippen LogP contribution in [0.25, 0.3) is 5.69 Å². The zero-order valence-corrected chi connectivity index (χ0v) is 18.9. The standard InChI is InChI=1S/C22H15Cl2N3OS2/c1-28-15-8-6-14(7-9-15)27-21-20(30-22(27)29)19(16-10-5-13(23)12-17(16)24)25-18-4-2-3-11-26(18)21/h2-12,19H,1H3. The van der Waals surface area contributed by atoms with Crippen molar-refractivity contribution in [3.8, 4) is 11.4 Å². The molecule has 8 heteroatoms. The molecule has 0 radical (unpaired) electrons. The van der Waals surface area contributed by atoms with Gasteiger partial charge in [0.2, 0.25) is 0 Å². The lowest BCUT2D eigenvalue weighted by atomic mass is 10.0. The van der Waals surface area contributed by atoms with Gasteiger partial charge in [0.25, 0.3) is 0 Å². The molecular weight excluding hydrogens is 457 g/mol. The van der Waals surface area contributed by atoms with Crippen molar-refractivity contribution in [1.82, 2.24) is 4.57 Å². The van der Waals surface area contributed by atoms with Crippen LogP contribution in [0, 0.1) is 3.95 Å². The average molecular weight is 472 g/mol. The Morgan fingerprint density at radius 2 is 1.90 bits per heavy atom. The molecule has 0 spiro atoms. The van der Waals surface area contributed by atoms with Crippen LogP contribution in [0.3, 0.4) is 0 Å². The van der Waals surface area contributed by atoms with Crippen molar-refractivity contribution in [2.24, 2.45) is 4.99 Å². The first-order valence-electron chi connectivity index (χ1n) is 9.14. The lowest BCUT2D eigenvalue weighted by Gasteiger charge is -2.31. The van der Waals surface area contributed by atoms with Crippen LogP contribution in [0.15, 0.2) is 71.9 Å². The molecule has 1 atom stereocenters. The van der Waals surface area contributed by atoms with Crippen molar-refractivity contribution in [3.63, 3.8) is 0 Å². The molecule has 2 aliphatic rings. The Morgan fingerprint density at radius 1 is 1.10 bits per heavy atom. The lowest BCUT2D eigenvalue weighted by molar-refractivity contribution is 0.415. The number of amidine groups is 1. The summed E-state index contributed by atoms with van der Waals surface area (Å²) in [4.78, 5) is 8.08. The molecule has 0 N–H and O–H groups in total. The quantitative estimate of drug-likeness (QED) is 0.386. The highest BCUT2D eigenvalue weighted by Crippen LogP contribution is 2.46. The molecule has 30 heavy (non-hydrogen) atoms. The van der Waals surface area contributed by atoms with Crippen LogP contribution >= 0.6 is 46.8 Å². The van der Waals surface area contributed by atoms with Crippen molar-refractivity contribution in [2.75, 3.05) is 12.0 Å². The van der Waals surface area contributed by atoms with Crippen molar-refractivity contribution in [2.45, 2.75) is 6.04 Å². The Morgan fingerprint density at radius 3 is 2.63 bits per heavy atom. The number of fused-ring (bicyclic) bond motifs is 3. The van der Waals surface area contributed by atoms with Gasteiger partial charge in [0, 0.05) is 27.5 Å². The molecule has 0 saturated carbocycles. The van der Waals surface area contributed by atoms with Gasteiger partial charge in [-0.15, -0.1) is 11.3 Å². The highest BCUT2D eigenvalue weighted by Gasteiger charge is 2.33. The number of allylic oxidation sites excluding steroid dienone is 2. The number of rotatable bonds is 3. The Bertz CT molecular complexity index is 1290. The monoisotopic (exact) mass is 471 g/mol. The number of ether oxygens (including phenoxy) is 1. The van der Waals surface area contributed by atoms with E-state index in [1.807, 2.05) is 60.8 Å². The fourth-order valence-corrected chi connectivity index (χ4v) is 5.61. The van der Waals surface area contributed by atoms with E-state index in [1.54, 1.807) is 24.5 Å². The SMILES string of the molecule is COc1ccc(-n2c3c(sc2=S)C(c2ccc(Cl)cc2Cl)N=C2C=CC=CN23)cc1. The highest BCUT2D eigenvalue weighted by molar-refractivity contribution is 7.73. The second-order valence-corrected chi connectivity index (χ2v) is 9.23. The minimum atomic E-state index is -0.265. The Balaban J connectivity index is 1.74. The molecule has 2 aromatic carbocycles. The molecule has 1 unspecified atom stereocenters. The topological polar surface area (TPSA) is 29.8 Å². The first-order chi connectivity index (χ1) is 14.6. The molecule has 3 heterocycles. The number of aliphatic imine (C=N–C) groups is 1. The predicted octanol–water partition coefficient (Wildman–Crippen LogP) is 6.98. The lowest BCUT2D eigenvalue weighted by Crippen LogP contribution is -2.32. The summed E-state index contributed by atoms with van der Waals surface area (Å²) in [5, 5.41) is 1.18. The molecule has 0 bridgehead atoms. The molecular formula is C22H15Cl2N3OS2. The van der Waals surface area contributed by atoms with Crippen LogP contribution in [0.4, 0.5) is 5.82 Å². The van der Waals surface area contributed by atoms with Gasteiger partial charge in [-0.05, 0) is 60.8 Å². The summed E-state index contributed by atoms with van der Waals surface area (Å²) in [6.07, 6.45) is 7.94. The highest BCUT2D eigenvalue weighted by atomic mass is 35.5. The van der Waals surface area contributed by atoms with E-state index in [4.69, 9.17) is 45.1 Å². The first kappa shape index (κ1) is 19.6. The van der Waals surface area contributed by atoms with Gasteiger partial charge in [0.15, 0.2) is 3.95 Å². The molecule has 0 saturated heterocycles. The first-order valence-corrected chi connectivity index (χ1v) is 11.1. The number of thiazole rings is 1. The predicted molar refractivity (Wildman–Crippen MR) is 128 cm³/mol.